The number of hydrogen-bond acceptors (Lipinski definition) is 6. The molecule has 0 aliphatic carbocycles. The number of aliphatic carboxylic acids is 1. The first-order valence-corrected chi connectivity index (χ1v) is 10.3. The van der Waals surface area contributed by atoms with Crippen molar-refractivity contribution in [2.75, 3.05) is 19.1 Å². The first-order chi connectivity index (χ1) is 10.0. The third kappa shape index (κ3) is 3.31. The highest BCUT2D eigenvalue weighted by molar-refractivity contribution is 7.93. The van der Waals surface area contributed by atoms with E-state index in [0.717, 1.165) is 12.5 Å². The van der Waals surface area contributed by atoms with E-state index in [0.29, 0.717) is 5.56 Å². The van der Waals surface area contributed by atoms with E-state index in [-0.39, 0.29) is 22.8 Å². The highest BCUT2D eigenvalue weighted by Gasteiger charge is 2.34. The molecule has 9 heteroatoms. The summed E-state index contributed by atoms with van der Waals surface area (Å²) in [7, 11) is -7.51. The molecule has 2 N–H and O–H groups in total. The molecule has 1 heterocycles. The molecule has 0 amide bonds. The first-order valence-electron chi connectivity index (χ1n) is 6.51. The SMILES string of the molecule is CS(=O)(=O)c1cccc(C2CC(C(=O)O)CN2)c1S(C)(=O)=O. The van der Waals surface area contributed by atoms with Crippen molar-refractivity contribution in [1.29, 1.82) is 0 Å². The lowest BCUT2D eigenvalue weighted by Gasteiger charge is -2.17. The van der Waals surface area contributed by atoms with Crippen molar-refractivity contribution in [2.24, 2.45) is 5.92 Å². The van der Waals surface area contributed by atoms with Crippen molar-refractivity contribution in [2.45, 2.75) is 22.3 Å². The summed E-state index contributed by atoms with van der Waals surface area (Å²) in [6.07, 6.45) is 2.11. The van der Waals surface area contributed by atoms with Gasteiger partial charge in [0.2, 0.25) is 0 Å². The minimum atomic E-state index is -3.79. The fraction of sp³-hybridized carbons (Fsp3) is 0.462. The van der Waals surface area contributed by atoms with E-state index in [1.54, 1.807) is 0 Å². The summed E-state index contributed by atoms with van der Waals surface area (Å²) in [4.78, 5) is 10.5. The van der Waals surface area contributed by atoms with E-state index in [1.165, 1.54) is 18.2 Å². The van der Waals surface area contributed by atoms with Gasteiger partial charge in [0.25, 0.3) is 0 Å². The molecule has 1 fully saturated rings. The molecule has 2 atom stereocenters. The van der Waals surface area contributed by atoms with Crippen LogP contribution in [0, 0.1) is 5.92 Å². The van der Waals surface area contributed by atoms with Crippen LogP contribution in [-0.4, -0.2) is 47.0 Å². The Morgan fingerprint density at radius 3 is 2.27 bits per heavy atom. The highest BCUT2D eigenvalue weighted by Crippen LogP contribution is 2.34. The standard InChI is InChI=1S/C13H17NO6S2/c1-21(17,18)11-5-3-4-9(12(11)22(2,19)20)10-6-8(7-14-10)13(15)16/h3-5,8,10,14H,6-7H2,1-2H3,(H,15,16). The largest absolute Gasteiger partial charge is 0.481 e. The summed E-state index contributed by atoms with van der Waals surface area (Å²) in [5, 5.41) is 12.0. The maximum atomic E-state index is 12.1. The van der Waals surface area contributed by atoms with E-state index in [9.17, 15) is 21.6 Å². The van der Waals surface area contributed by atoms with Gasteiger partial charge < -0.3 is 10.4 Å². The van der Waals surface area contributed by atoms with Gasteiger partial charge in [-0.2, -0.15) is 0 Å². The number of nitrogens with one attached hydrogen (secondary N) is 1. The molecule has 1 aromatic carbocycles. The van der Waals surface area contributed by atoms with Gasteiger partial charge in [-0.3, -0.25) is 4.79 Å². The van der Waals surface area contributed by atoms with Crippen LogP contribution in [0.2, 0.25) is 0 Å². The number of carboxylic acid groups (broad SMARTS) is 1. The van der Waals surface area contributed by atoms with Gasteiger partial charge in [-0.1, -0.05) is 12.1 Å². The van der Waals surface area contributed by atoms with Gasteiger partial charge in [0.15, 0.2) is 19.7 Å². The molecular weight excluding hydrogens is 330 g/mol. The predicted molar refractivity (Wildman–Crippen MR) is 79.1 cm³/mol. The minimum absolute atomic E-state index is 0.213. The zero-order chi connectivity index (χ0) is 16.7. The predicted octanol–water partition coefficient (Wildman–Crippen LogP) is 0.229. The van der Waals surface area contributed by atoms with Crippen LogP contribution in [0.25, 0.3) is 0 Å². The van der Waals surface area contributed by atoms with Crippen molar-refractivity contribution in [3.63, 3.8) is 0 Å². The zero-order valence-electron chi connectivity index (χ0n) is 12.1. The molecule has 0 spiro atoms. The summed E-state index contributed by atoms with van der Waals surface area (Å²) in [6, 6.07) is 3.73. The van der Waals surface area contributed by atoms with E-state index < -0.39 is 37.6 Å². The maximum absolute atomic E-state index is 12.1. The van der Waals surface area contributed by atoms with Crippen LogP contribution < -0.4 is 5.32 Å². The molecule has 0 radical (unpaired) electrons. The molecule has 0 aromatic heterocycles. The summed E-state index contributed by atoms with van der Waals surface area (Å²) >= 11 is 0. The third-order valence-corrected chi connectivity index (χ3v) is 6.10. The Morgan fingerprint density at radius 2 is 1.82 bits per heavy atom. The van der Waals surface area contributed by atoms with Gasteiger partial charge in [0, 0.05) is 25.1 Å². The lowest BCUT2D eigenvalue weighted by Crippen LogP contribution is -2.19. The summed E-state index contributed by atoms with van der Waals surface area (Å²) in [5.74, 6) is -1.59. The van der Waals surface area contributed by atoms with Crippen LogP contribution >= 0.6 is 0 Å². The van der Waals surface area contributed by atoms with Crippen LogP contribution in [0.1, 0.15) is 18.0 Å². The zero-order valence-corrected chi connectivity index (χ0v) is 13.7. The molecular formula is C13H17NO6S2. The lowest BCUT2D eigenvalue weighted by molar-refractivity contribution is -0.141. The molecule has 2 rings (SSSR count). The average molecular weight is 347 g/mol. The average Bonchev–Trinajstić information content (AvgIpc) is 2.85. The Kier molecular flexibility index (Phi) is 4.33. The second kappa shape index (κ2) is 5.64. The lowest BCUT2D eigenvalue weighted by atomic mass is 10.0. The topological polar surface area (TPSA) is 118 Å². The highest BCUT2D eigenvalue weighted by atomic mass is 32.2. The van der Waals surface area contributed by atoms with Crippen LogP contribution in [-0.2, 0) is 24.5 Å². The van der Waals surface area contributed by atoms with Gasteiger partial charge in [0.05, 0.1) is 15.7 Å². The molecule has 0 bridgehead atoms. The Morgan fingerprint density at radius 1 is 1.18 bits per heavy atom. The van der Waals surface area contributed by atoms with Crippen molar-refractivity contribution in [3.05, 3.63) is 23.8 Å². The van der Waals surface area contributed by atoms with E-state index >= 15 is 0 Å². The Labute approximate surface area is 129 Å². The summed E-state index contributed by atoms with van der Waals surface area (Å²) < 4.78 is 47.9. The summed E-state index contributed by atoms with van der Waals surface area (Å²) in [6.45, 7) is 0.215. The Hall–Kier alpha value is -1.45. The molecule has 7 nitrogen and oxygen atoms in total. The van der Waals surface area contributed by atoms with Gasteiger partial charge in [-0.05, 0) is 18.1 Å². The number of carboxylic acids is 1. The monoisotopic (exact) mass is 347 g/mol. The molecule has 1 aliphatic rings. The second-order valence-electron chi connectivity index (χ2n) is 5.45. The normalized spacial score (nSPS) is 22.6. The van der Waals surface area contributed by atoms with Crippen molar-refractivity contribution in [3.8, 4) is 0 Å². The van der Waals surface area contributed by atoms with Crippen LogP contribution in [0.15, 0.2) is 28.0 Å². The van der Waals surface area contributed by atoms with Crippen molar-refractivity contribution in [1.82, 2.24) is 5.32 Å². The van der Waals surface area contributed by atoms with Crippen LogP contribution in [0.3, 0.4) is 0 Å². The van der Waals surface area contributed by atoms with E-state index in [2.05, 4.69) is 5.32 Å². The quantitative estimate of drug-likeness (QED) is 0.800. The van der Waals surface area contributed by atoms with Gasteiger partial charge in [0.1, 0.15) is 0 Å². The van der Waals surface area contributed by atoms with Crippen molar-refractivity contribution >= 4 is 25.6 Å². The number of hydrogen-bond donors (Lipinski definition) is 2. The van der Waals surface area contributed by atoms with E-state index in [1.807, 2.05) is 0 Å². The second-order valence-corrected chi connectivity index (χ2v) is 9.39. The molecule has 1 aliphatic heterocycles. The van der Waals surface area contributed by atoms with Crippen LogP contribution in [0.4, 0.5) is 0 Å². The maximum Gasteiger partial charge on any atom is 0.307 e. The fourth-order valence-corrected chi connectivity index (χ4v) is 5.42. The summed E-state index contributed by atoms with van der Waals surface area (Å²) in [5.41, 5.74) is 0.300. The third-order valence-electron chi connectivity index (χ3n) is 3.64. The first kappa shape index (κ1) is 16.9. The minimum Gasteiger partial charge on any atom is -0.481 e. The molecule has 122 valence electrons. The number of sulfone groups is 2. The van der Waals surface area contributed by atoms with Crippen molar-refractivity contribution < 1.29 is 26.7 Å². The van der Waals surface area contributed by atoms with Gasteiger partial charge in [-0.15, -0.1) is 0 Å². The molecule has 1 aromatic rings. The number of benzene rings is 1. The van der Waals surface area contributed by atoms with Crippen LogP contribution in [0.5, 0.6) is 0 Å². The molecule has 0 saturated carbocycles. The Bertz CT molecular complexity index is 813. The number of rotatable bonds is 4. The fourth-order valence-electron chi connectivity index (χ4n) is 2.66. The van der Waals surface area contributed by atoms with Gasteiger partial charge in [-0.25, -0.2) is 16.8 Å². The molecule has 2 unspecified atom stereocenters. The van der Waals surface area contributed by atoms with Gasteiger partial charge >= 0.3 is 5.97 Å². The molecule has 22 heavy (non-hydrogen) atoms. The molecule has 1 saturated heterocycles. The number of carbonyl (C=O) groups is 1. The van der Waals surface area contributed by atoms with E-state index in [4.69, 9.17) is 5.11 Å². The Balaban J connectivity index is 2.61. The smallest absolute Gasteiger partial charge is 0.307 e.